The van der Waals surface area contributed by atoms with Gasteiger partial charge in [-0.05, 0) is 45.7 Å². The minimum atomic E-state index is -3.80. The normalized spacial score (nSPS) is 16.4. The fraction of sp³-hybridized carbons (Fsp3) is 0.500. The number of piperidine rings is 1. The molecule has 0 aliphatic carbocycles. The molecule has 2 heterocycles. The van der Waals surface area contributed by atoms with Gasteiger partial charge < -0.3 is 5.32 Å². The molecule has 10 heteroatoms. The molecule has 3 rings (SSSR count). The molecule has 0 radical (unpaired) electrons. The first kappa shape index (κ1) is 23.1. The van der Waals surface area contributed by atoms with Crippen molar-refractivity contribution in [3.63, 3.8) is 0 Å². The molecular formula is C20H26Cl2N4O3S. The minimum absolute atomic E-state index is 0.00948. The first-order valence-corrected chi connectivity index (χ1v) is 12.2. The molecule has 1 atom stereocenters. The van der Waals surface area contributed by atoms with Crippen molar-refractivity contribution in [2.24, 2.45) is 0 Å². The lowest BCUT2D eigenvalue weighted by molar-refractivity contribution is 0.0939. The summed E-state index contributed by atoms with van der Waals surface area (Å²) in [4.78, 5) is 12.8. The Labute approximate surface area is 187 Å². The molecule has 1 amide bonds. The summed E-state index contributed by atoms with van der Waals surface area (Å²) < 4.78 is 29.4. The van der Waals surface area contributed by atoms with Gasteiger partial charge in [-0.25, -0.2) is 8.42 Å². The Morgan fingerprint density at radius 3 is 2.47 bits per heavy atom. The summed E-state index contributed by atoms with van der Waals surface area (Å²) >= 11 is 12.5. The zero-order valence-corrected chi connectivity index (χ0v) is 19.6. The Morgan fingerprint density at radius 2 is 1.87 bits per heavy atom. The second-order valence-corrected chi connectivity index (χ2v) is 10.2. The summed E-state index contributed by atoms with van der Waals surface area (Å²) in [5.41, 5.74) is 1.78. The van der Waals surface area contributed by atoms with Crippen LogP contribution in [0.5, 0.6) is 0 Å². The van der Waals surface area contributed by atoms with Crippen LogP contribution in [-0.4, -0.2) is 41.5 Å². The third-order valence-corrected chi connectivity index (χ3v) is 8.00. The van der Waals surface area contributed by atoms with E-state index in [1.807, 2.05) is 27.0 Å². The van der Waals surface area contributed by atoms with E-state index in [0.717, 1.165) is 37.1 Å². The van der Waals surface area contributed by atoms with Gasteiger partial charge in [0, 0.05) is 31.4 Å². The maximum atomic E-state index is 13.1. The first-order chi connectivity index (χ1) is 14.1. The van der Waals surface area contributed by atoms with Crippen molar-refractivity contribution in [3.05, 3.63) is 45.2 Å². The molecule has 7 nitrogen and oxygen atoms in total. The van der Waals surface area contributed by atoms with Crippen molar-refractivity contribution in [1.29, 1.82) is 0 Å². The van der Waals surface area contributed by atoms with E-state index in [9.17, 15) is 13.2 Å². The number of nitrogens with one attached hydrogen (secondary N) is 1. The van der Waals surface area contributed by atoms with E-state index in [2.05, 4.69) is 10.4 Å². The van der Waals surface area contributed by atoms with E-state index in [1.54, 1.807) is 4.68 Å². The van der Waals surface area contributed by atoms with E-state index >= 15 is 0 Å². The summed E-state index contributed by atoms with van der Waals surface area (Å²) in [7, 11) is -3.80. The number of hydrogen-bond acceptors (Lipinski definition) is 4. The van der Waals surface area contributed by atoms with Crippen LogP contribution >= 0.6 is 23.2 Å². The molecule has 2 aromatic rings. The number of amides is 1. The second-order valence-electron chi connectivity index (χ2n) is 7.45. The summed E-state index contributed by atoms with van der Waals surface area (Å²) in [6.45, 7) is 7.32. The topological polar surface area (TPSA) is 84.3 Å². The minimum Gasteiger partial charge on any atom is -0.345 e. The highest BCUT2D eigenvalue weighted by Gasteiger charge is 2.30. The van der Waals surface area contributed by atoms with Crippen LogP contribution < -0.4 is 5.32 Å². The number of hydrogen-bond donors (Lipinski definition) is 1. The third-order valence-electron chi connectivity index (χ3n) is 5.32. The highest BCUT2D eigenvalue weighted by atomic mass is 35.5. The Balaban J connectivity index is 1.89. The number of rotatable bonds is 6. The number of carbonyl (C=O) groups is 1. The van der Waals surface area contributed by atoms with Gasteiger partial charge in [-0.3, -0.25) is 9.48 Å². The highest BCUT2D eigenvalue weighted by molar-refractivity contribution is 7.89. The van der Waals surface area contributed by atoms with Gasteiger partial charge in [0.15, 0.2) is 0 Å². The van der Waals surface area contributed by atoms with Gasteiger partial charge in [0.05, 0.1) is 27.3 Å². The summed E-state index contributed by atoms with van der Waals surface area (Å²) in [6, 6.07) is 2.27. The molecular weight excluding hydrogens is 447 g/mol. The van der Waals surface area contributed by atoms with E-state index in [4.69, 9.17) is 23.2 Å². The number of carbonyl (C=O) groups excluding carboxylic acids is 1. The molecule has 0 bridgehead atoms. The fourth-order valence-electron chi connectivity index (χ4n) is 3.62. The standard InChI is InChI=1S/C20H26Cl2N4O3S/c1-4-25-12-16(14(3)24-25)13(2)23-20(27)15-10-19(18(22)11-17(15)21)30(28,29)26-8-6-5-7-9-26/h10-13H,4-9H2,1-3H3,(H,23,27). The van der Waals surface area contributed by atoms with Crippen molar-refractivity contribution in [2.75, 3.05) is 13.1 Å². The Kier molecular flexibility index (Phi) is 7.12. The number of halogens is 2. The molecule has 0 spiro atoms. The largest absolute Gasteiger partial charge is 0.345 e. The van der Waals surface area contributed by atoms with E-state index in [1.165, 1.54) is 16.4 Å². The molecule has 1 aliphatic heterocycles. The summed E-state index contributed by atoms with van der Waals surface area (Å²) in [5, 5.41) is 7.39. The number of sulfonamides is 1. The van der Waals surface area contributed by atoms with Crippen LogP contribution in [-0.2, 0) is 16.6 Å². The predicted molar refractivity (Wildman–Crippen MR) is 118 cm³/mol. The molecule has 1 aromatic carbocycles. The van der Waals surface area contributed by atoms with Crippen LogP contribution in [0.2, 0.25) is 10.0 Å². The molecule has 164 valence electrons. The van der Waals surface area contributed by atoms with E-state index < -0.39 is 15.9 Å². The zero-order chi connectivity index (χ0) is 22.1. The zero-order valence-electron chi connectivity index (χ0n) is 17.3. The SMILES string of the molecule is CCn1cc(C(C)NC(=O)c2cc(S(=O)(=O)N3CCCCC3)c(Cl)cc2Cl)c(C)n1. The van der Waals surface area contributed by atoms with E-state index in [0.29, 0.717) is 13.1 Å². The monoisotopic (exact) mass is 472 g/mol. The molecule has 1 aromatic heterocycles. The summed E-state index contributed by atoms with van der Waals surface area (Å²) in [5.74, 6) is -0.470. The molecule has 30 heavy (non-hydrogen) atoms. The van der Waals surface area contributed by atoms with Crippen LogP contribution in [0.15, 0.2) is 23.2 Å². The van der Waals surface area contributed by atoms with Gasteiger partial charge in [0.1, 0.15) is 4.90 Å². The first-order valence-electron chi connectivity index (χ1n) is 9.99. The van der Waals surface area contributed by atoms with E-state index in [-0.39, 0.29) is 26.5 Å². The Hall–Kier alpha value is -1.61. The van der Waals surface area contributed by atoms with Crippen molar-refractivity contribution >= 4 is 39.1 Å². The molecule has 1 N–H and O–H groups in total. The van der Waals surface area contributed by atoms with Crippen molar-refractivity contribution in [1.82, 2.24) is 19.4 Å². The van der Waals surface area contributed by atoms with Crippen molar-refractivity contribution in [3.8, 4) is 0 Å². The fourth-order valence-corrected chi connectivity index (χ4v) is 5.97. The van der Waals surface area contributed by atoms with Gasteiger partial charge in [-0.15, -0.1) is 0 Å². The molecule has 1 fully saturated rings. The van der Waals surface area contributed by atoms with Crippen LogP contribution in [0.25, 0.3) is 0 Å². The van der Waals surface area contributed by atoms with Gasteiger partial charge >= 0.3 is 0 Å². The lowest BCUT2D eigenvalue weighted by atomic mass is 10.1. The quantitative estimate of drug-likeness (QED) is 0.682. The van der Waals surface area contributed by atoms with Gasteiger partial charge in [-0.2, -0.15) is 9.40 Å². The maximum absolute atomic E-state index is 13.1. The molecule has 0 saturated carbocycles. The van der Waals surface area contributed by atoms with Crippen molar-refractivity contribution < 1.29 is 13.2 Å². The van der Waals surface area contributed by atoms with Gasteiger partial charge in [0.25, 0.3) is 5.91 Å². The number of benzene rings is 1. The predicted octanol–water partition coefficient (Wildman–Crippen LogP) is 4.18. The average Bonchev–Trinajstić information content (AvgIpc) is 3.09. The number of aryl methyl sites for hydroxylation is 2. The molecule has 1 saturated heterocycles. The lowest BCUT2D eigenvalue weighted by Crippen LogP contribution is -2.36. The Morgan fingerprint density at radius 1 is 1.20 bits per heavy atom. The van der Waals surface area contributed by atoms with Crippen LogP contribution in [0.3, 0.4) is 0 Å². The van der Waals surface area contributed by atoms with Crippen molar-refractivity contribution in [2.45, 2.75) is 57.5 Å². The van der Waals surface area contributed by atoms with Crippen LogP contribution in [0, 0.1) is 6.92 Å². The molecule has 1 unspecified atom stereocenters. The van der Waals surface area contributed by atoms with Gasteiger partial charge in [0.2, 0.25) is 10.0 Å². The maximum Gasteiger partial charge on any atom is 0.253 e. The molecule has 1 aliphatic rings. The average molecular weight is 473 g/mol. The number of nitrogens with zero attached hydrogens (tertiary/aromatic N) is 3. The number of aromatic nitrogens is 2. The summed E-state index contributed by atoms with van der Waals surface area (Å²) in [6.07, 6.45) is 4.50. The smallest absolute Gasteiger partial charge is 0.253 e. The van der Waals surface area contributed by atoms with Gasteiger partial charge in [-0.1, -0.05) is 29.6 Å². The Bertz CT molecular complexity index is 1050. The van der Waals surface area contributed by atoms with Crippen LogP contribution in [0.4, 0.5) is 0 Å². The third kappa shape index (κ3) is 4.66. The second kappa shape index (κ2) is 9.26. The lowest BCUT2D eigenvalue weighted by Gasteiger charge is -2.26. The van der Waals surface area contributed by atoms with Crippen LogP contribution in [0.1, 0.15) is 60.8 Å². The highest BCUT2D eigenvalue weighted by Crippen LogP contribution is 2.32.